The molecule has 3 aromatic carbocycles. The van der Waals surface area contributed by atoms with Gasteiger partial charge in [-0.25, -0.2) is 9.59 Å². The highest BCUT2D eigenvalue weighted by Crippen LogP contribution is 2.34. The van der Waals surface area contributed by atoms with Crippen LogP contribution >= 0.6 is 0 Å². The molecular weight excluding hydrogens is 530 g/mol. The predicted molar refractivity (Wildman–Crippen MR) is 166 cm³/mol. The van der Waals surface area contributed by atoms with Gasteiger partial charge in [-0.15, -0.1) is 0 Å². The van der Waals surface area contributed by atoms with Crippen molar-refractivity contribution in [1.82, 2.24) is 4.90 Å². The van der Waals surface area contributed by atoms with Crippen LogP contribution in [0.15, 0.2) is 66.7 Å². The van der Waals surface area contributed by atoms with Gasteiger partial charge in [0.1, 0.15) is 17.6 Å². The highest BCUT2D eigenvalue weighted by Gasteiger charge is 2.26. The van der Waals surface area contributed by atoms with E-state index in [1.54, 1.807) is 16.9 Å². The number of carbonyl (C=O) groups is 3. The molecule has 42 heavy (non-hydrogen) atoms. The number of rotatable bonds is 11. The van der Waals surface area contributed by atoms with E-state index in [-0.39, 0.29) is 12.1 Å². The van der Waals surface area contributed by atoms with Crippen molar-refractivity contribution in [3.05, 3.63) is 77.9 Å². The zero-order valence-electron chi connectivity index (χ0n) is 25.0. The summed E-state index contributed by atoms with van der Waals surface area (Å²) in [5.41, 5.74) is 5.30. The topological polar surface area (TPSA) is 88.2 Å². The number of aldehydes is 1. The fourth-order valence-electron chi connectivity index (χ4n) is 5.06. The maximum atomic E-state index is 12.9. The van der Waals surface area contributed by atoms with Gasteiger partial charge in [0.15, 0.2) is 0 Å². The Balaban J connectivity index is 1.49. The number of fused-ring (bicyclic) bond motifs is 1. The van der Waals surface area contributed by atoms with Crippen LogP contribution in [-0.4, -0.2) is 55.7 Å². The summed E-state index contributed by atoms with van der Waals surface area (Å²) in [4.78, 5) is 40.1. The fourth-order valence-corrected chi connectivity index (χ4v) is 5.06. The van der Waals surface area contributed by atoms with Gasteiger partial charge >= 0.3 is 12.1 Å². The molecule has 8 nitrogen and oxygen atoms in total. The van der Waals surface area contributed by atoms with Gasteiger partial charge in [-0.05, 0) is 105 Å². The first-order valence-corrected chi connectivity index (χ1v) is 14.5. The van der Waals surface area contributed by atoms with Crippen LogP contribution in [0, 0.1) is 0 Å². The summed E-state index contributed by atoms with van der Waals surface area (Å²) in [6.45, 7) is 7.17. The molecule has 0 atom stereocenters. The Hall–Kier alpha value is -4.33. The SMILES string of the molecule is COc1ccc(-c2ccc3c(c2)CCN3C(=O)Nc2ccccc2)cc1CCN(CCCCC=O)C(=O)OC(C)(C)C. The molecule has 0 bridgehead atoms. The van der Waals surface area contributed by atoms with Crippen molar-refractivity contribution in [2.75, 3.05) is 37.0 Å². The molecule has 0 unspecified atom stereocenters. The normalized spacial score (nSPS) is 12.4. The van der Waals surface area contributed by atoms with E-state index in [9.17, 15) is 14.4 Å². The number of nitrogens with zero attached hydrogens (tertiary/aromatic N) is 2. The van der Waals surface area contributed by atoms with Crippen molar-refractivity contribution < 1.29 is 23.9 Å². The molecule has 8 heteroatoms. The van der Waals surface area contributed by atoms with Crippen LogP contribution in [0.5, 0.6) is 5.75 Å². The minimum Gasteiger partial charge on any atom is -0.496 e. The van der Waals surface area contributed by atoms with E-state index in [1.165, 1.54) is 0 Å². The van der Waals surface area contributed by atoms with E-state index < -0.39 is 5.60 Å². The lowest BCUT2D eigenvalue weighted by atomic mass is 9.98. The van der Waals surface area contributed by atoms with Crippen molar-refractivity contribution in [3.8, 4) is 16.9 Å². The van der Waals surface area contributed by atoms with Gasteiger partial charge in [0.2, 0.25) is 0 Å². The summed E-state index contributed by atoms with van der Waals surface area (Å²) in [6.07, 6.45) is 3.85. The number of hydrogen-bond acceptors (Lipinski definition) is 5. The molecule has 0 radical (unpaired) electrons. The molecule has 0 aromatic heterocycles. The van der Waals surface area contributed by atoms with Gasteiger partial charge in [0.25, 0.3) is 0 Å². The maximum absolute atomic E-state index is 12.9. The lowest BCUT2D eigenvalue weighted by molar-refractivity contribution is -0.107. The van der Waals surface area contributed by atoms with Crippen molar-refractivity contribution in [1.29, 1.82) is 0 Å². The predicted octanol–water partition coefficient (Wildman–Crippen LogP) is 7.11. The molecule has 0 aliphatic carbocycles. The first-order valence-electron chi connectivity index (χ1n) is 14.5. The second-order valence-corrected chi connectivity index (χ2v) is 11.4. The minimum absolute atomic E-state index is 0.139. The van der Waals surface area contributed by atoms with Gasteiger partial charge in [-0.3, -0.25) is 4.90 Å². The molecule has 0 saturated heterocycles. The van der Waals surface area contributed by atoms with E-state index in [4.69, 9.17) is 9.47 Å². The fraction of sp³-hybridized carbons (Fsp3) is 0.382. The number of nitrogens with one attached hydrogen (secondary N) is 1. The third-order valence-corrected chi connectivity index (χ3v) is 7.16. The minimum atomic E-state index is -0.596. The van der Waals surface area contributed by atoms with Crippen molar-refractivity contribution in [2.45, 2.75) is 58.5 Å². The first-order chi connectivity index (χ1) is 20.2. The van der Waals surface area contributed by atoms with Gasteiger partial charge in [0, 0.05) is 37.4 Å². The molecular formula is C34H41N3O5. The summed E-state index contributed by atoms with van der Waals surface area (Å²) < 4.78 is 11.3. The molecule has 1 heterocycles. The van der Waals surface area contributed by atoms with Crippen LogP contribution in [0.3, 0.4) is 0 Å². The summed E-state index contributed by atoms with van der Waals surface area (Å²) in [7, 11) is 1.65. The van der Waals surface area contributed by atoms with Crippen LogP contribution in [0.2, 0.25) is 0 Å². The number of unbranched alkanes of at least 4 members (excludes halogenated alkanes) is 2. The summed E-state index contributed by atoms with van der Waals surface area (Å²) in [6, 6.07) is 21.6. The van der Waals surface area contributed by atoms with Gasteiger partial charge < -0.3 is 24.5 Å². The Kier molecular flexibility index (Phi) is 10.2. The van der Waals surface area contributed by atoms with E-state index in [0.717, 1.165) is 64.9 Å². The Bertz CT molecular complexity index is 1380. The van der Waals surface area contributed by atoms with Crippen LogP contribution in [0.4, 0.5) is 21.0 Å². The summed E-state index contributed by atoms with van der Waals surface area (Å²) in [5.74, 6) is 0.758. The van der Waals surface area contributed by atoms with Crippen molar-refractivity contribution >= 4 is 29.8 Å². The zero-order valence-corrected chi connectivity index (χ0v) is 25.0. The highest BCUT2D eigenvalue weighted by molar-refractivity contribution is 6.03. The summed E-state index contributed by atoms with van der Waals surface area (Å²) in [5, 5.41) is 2.97. The van der Waals surface area contributed by atoms with Gasteiger partial charge in [-0.1, -0.05) is 30.3 Å². The third-order valence-electron chi connectivity index (χ3n) is 7.16. The van der Waals surface area contributed by atoms with Gasteiger partial charge in [0.05, 0.1) is 7.11 Å². The molecule has 3 aromatic rings. The quantitative estimate of drug-likeness (QED) is 0.196. The lowest BCUT2D eigenvalue weighted by Gasteiger charge is -2.27. The van der Waals surface area contributed by atoms with Crippen molar-refractivity contribution in [2.24, 2.45) is 0 Å². The molecule has 0 saturated carbocycles. The number of hydrogen-bond donors (Lipinski definition) is 1. The van der Waals surface area contributed by atoms with Crippen LogP contribution < -0.4 is 15.0 Å². The number of urea groups is 1. The number of amides is 3. The number of methoxy groups -OCH3 is 1. The van der Waals surface area contributed by atoms with Crippen LogP contribution in [0.1, 0.15) is 51.2 Å². The maximum Gasteiger partial charge on any atom is 0.410 e. The third kappa shape index (κ3) is 8.12. The molecule has 3 amide bonds. The van der Waals surface area contributed by atoms with E-state index in [1.807, 2.05) is 75.4 Å². The standard InChI is InChI=1S/C34H41N3O5/c1-34(2,3)42-33(40)36(19-9-6-10-22-38)20-17-28-24-26(14-16-31(28)41-4)25-13-15-30-27(23-25)18-21-37(30)32(39)35-29-11-7-5-8-12-29/h5,7-8,11-16,22-24H,6,9-10,17-21H2,1-4H3,(H,35,39). The molecule has 4 rings (SSSR count). The van der Waals surface area contributed by atoms with Crippen LogP contribution in [0.25, 0.3) is 11.1 Å². The number of para-hydroxylation sites is 1. The molecule has 1 aliphatic heterocycles. The van der Waals surface area contributed by atoms with E-state index in [2.05, 4.69) is 17.4 Å². The first kappa shape index (κ1) is 30.6. The number of anilines is 2. The average Bonchev–Trinajstić information content (AvgIpc) is 3.40. The van der Waals surface area contributed by atoms with Crippen LogP contribution in [-0.2, 0) is 22.4 Å². The molecule has 1 aliphatic rings. The Morgan fingerprint density at radius 1 is 0.976 bits per heavy atom. The monoisotopic (exact) mass is 571 g/mol. The molecule has 1 N–H and O–H groups in total. The Labute approximate surface area is 248 Å². The largest absolute Gasteiger partial charge is 0.496 e. The average molecular weight is 572 g/mol. The summed E-state index contributed by atoms with van der Waals surface area (Å²) >= 11 is 0. The van der Waals surface area contributed by atoms with Gasteiger partial charge in [-0.2, -0.15) is 0 Å². The molecule has 0 fully saturated rings. The Morgan fingerprint density at radius 3 is 2.43 bits per heavy atom. The lowest BCUT2D eigenvalue weighted by Crippen LogP contribution is -2.38. The number of benzene rings is 3. The number of ether oxygens (including phenoxy) is 2. The van der Waals surface area contributed by atoms with E-state index in [0.29, 0.717) is 32.5 Å². The van der Waals surface area contributed by atoms with E-state index >= 15 is 0 Å². The Morgan fingerprint density at radius 2 is 1.71 bits per heavy atom. The molecule has 0 spiro atoms. The smallest absolute Gasteiger partial charge is 0.410 e. The number of carbonyl (C=O) groups excluding carboxylic acids is 3. The molecule has 222 valence electrons. The zero-order chi connectivity index (χ0) is 30.1. The highest BCUT2D eigenvalue weighted by atomic mass is 16.6. The second-order valence-electron chi connectivity index (χ2n) is 11.4. The second kappa shape index (κ2) is 14.0. The van der Waals surface area contributed by atoms with Crippen molar-refractivity contribution in [3.63, 3.8) is 0 Å².